The minimum atomic E-state index is -1.19. The van der Waals surface area contributed by atoms with Crippen molar-refractivity contribution in [3.8, 4) is 11.1 Å². The lowest BCUT2D eigenvalue weighted by molar-refractivity contribution is -0.177. The molecule has 4 rings (SSSR count). The zero-order chi connectivity index (χ0) is 40.0. The molecule has 4 amide bonds. The Morgan fingerprint density at radius 1 is 0.836 bits per heavy atom. The molecule has 1 unspecified atom stereocenters. The zero-order valence-corrected chi connectivity index (χ0v) is 32.2. The van der Waals surface area contributed by atoms with Crippen LogP contribution >= 0.6 is 0 Å². The number of hydrogen-bond acceptors (Lipinski definition) is 12. The highest BCUT2D eigenvalue weighted by Gasteiger charge is 2.36. The SMILES string of the molecule is CCC(=O)Nc1ccc2c(c1)C(COC(=O)ON1C(=O)CCC1=O)c1cccc(C(=O)CCCOCCCCO)c1-2.CCCC(=O)NCCOCCCOC. The molecule has 15 nitrogen and oxygen atoms in total. The Kier molecular flexibility index (Phi) is 20.0. The molecule has 15 heteroatoms. The first-order valence-corrected chi connectivity index (χ1v) is 19.0. The summed E-state index contributed by atoms with van der Waals surface area (Å²) in [5.74, 6) is -1.82. The van der Waals surface area contributed by atoms with Gasteiger partial charge in [0.1, 0.15) is 6.61 Å². The van der Waals surface area contributed by atoms with E-state index in [9.17, 15) is 28.8 Å². The largest absolute Gasteiger partial charge is 0.533 e. The number of carbonyl (C=O) groups excluding carboxylic acids is 6. The maximum Gasteiger partial charge on any atom is 0.533 e. The number of nitrogens with zero attached hydrogens (tertiary/aromatic N) is 1. The fraction of sp³-hybridized carbons (Fsp3) is 0.550. The van der Waals surface area contributed by atoms with Crippen LogP contribution in [0.25, 0.3) is 11.1 Å². The first-order chi connectivity index (χ1) is 26.6. The van der Waals surface area contributed by atoms with Crippen molar-refractivity contribution in [2.75, 3.05) is 65.2 Å². The summed E-state index contributed by atoms with van der Waals surface area (Å²) >= 11 is 0. The van der Waals surface area contributed by atoms with E-state index >= 15 is 0 Å². The van der Waals surface area contributed by atoms with Crippen molar-refractivity contribution >= 4 is 41.3 Å². The Labute approximate surface area is 322 Å². The van der Waals surface area contributed by atoms with Crippen molar-refractivity contribution in [1.82, 2.24) is 10.4 Å². The van der Waals surface area contributed by atoms with Crippen LogP contribution in [0.1, 0.15) is 105 Å². The third-order valence-electron chi connectivity index (χ3n) is 8.69. The Morgan fingerprint density at radius 3 is 2.27 bits per heavy atom. The van der Waals surface area contributed by atoms with Crippen LogP contribution in [0, 0.1) is 0 Å². The molecule has 1 atom stereocenters. The Morgan fingerprint density at radius 2 is 1.56 bits per heavy atom. The number of unbranched alkanes of at least 4 members (excludes halogenated alkanes) is 1. The van der Waals surface area contributed by atoms with E-state index in [0.29, 0.717) is 75.0 Å². The molecule has 1 aliphatic heterocycles. The molecular formula is C40H55N3O12. The van der Waals surface area contributed by atoms with Crippen molar-refractivity contribution in [1.29, 1.82) is 0 Å². The lowest BCUT2D eigenvalue weighted by atomic mass is 9.93. The summed E-state index contributed by atoms with van der Waals surface area (Å²) in [5.41, 5.74) is 4.14. The monoisotopic (exact) mass is 769 g/mol. The van der Waals surface area contributed by atoms with Crippen molar-refractivity contribution in [2.45, 2.75) is 84.0 Å². The minimum Gasteiger partial charge on any atom is -0.432 e. The van der Waals surface area contributed by atoms with Crippen LogP contribution in [0.5, 0.6) is 0 Å². The summed E-state index contributed by atoms with van der Waals surface area (Å²) in [5, 5.41) is 14.9. The quantitative estimate of drug-likeness (QED) is 0.0589. The number of aliphatic hydroxyl groups excluding tert-OH is 1. The second kappa shape index (κ2) is 24.7. The van der Waals surface area contributed by atoms with Gasteiger partial charge in [0, 0.05) is 96.0 Å². The highest BCUT2D eigenvalue weighted by Crippen LogP contribution is 2.48. The van der Waals surface area contributed by atoms with Crippen molar-refractivity contribution in [3.63, 3.8) is 0 Å². The van der Waals surface area contributed by atoms with Gasteiger partial charge in [-0.1, -0.05) is 43.2 Å². The third-order valence-corrected chi connectivity index (χ3v) is 8.69. The van der Waals surface area contributed by atoms with Gasteiger partial charge in [0.15, 0.2) is 5.78 Å². The molecule has 1 saturated heterocycles. The summed E-state index contributed by atoms with van der Waals surface area (Å²) in [4.78, 5) is 77.2. The summed E-state index contributed by atoms with van der Waals surface area (Å²) in [6.45, 7) is 7.24. The maximum absolute atomic E-state index is 13.3. The van der Waals surface area contributed by atoms with Gasteiger partial charge in [-0.05, 0) is 66.5 Å². The standard InChI is InChI=1S/C30H34N2O9.C10H21NO3/c1-2-26(35)31-19-10-11-21-23(17-19)24(18-40-30(38)41-32-27(36)12-13-28(32)37)20-7-5-8-22(29(20)21)25(34)9-6-16-39-15-4-3-14-33;1-3-5-10(12)11-6-9-14-8-4-7-13-2/h5,7-8,10-11,17,24,33H,2-4,6,9,12-16,18H2,1H3,(H,31,35);3-9H2,1-2H3,(H,11,12). The lowest BCUT2D eigenvalue weighted by Crippen LogP contribution is -2.32. The molecule has 1 aliphatic carbocycles. The number of fused-ring (bicyclic) bond motifs is 3. The molecule has 1 fully saturated rings. The predicted octanol–water partition coefficient (Wildman–Crippen LogP) is 5.07. The van der Waals surface area contributed by atoms with Crippen LogP contribution in [0.2, 0.25) is 0 Å². The number of carbonyl (C=O) groups is 6. The molecule has 0 aromatic heterocycles. The number of nitrogens with one attached hydrogen (secondary N) is 2. The van der Waals surface area contributed by atoms with E-state index in [1.165, 1.54) is 0 Å². The number of imide groups is 1. The topological polar surface area (TPSA) is 196 Å². The zero-order valence-electron chi connectivity index (χ0n) is 32.2. The minimum absolute atomic E-state index is 0.0333. The molecule has 3 N–H and O–H groups in total. The van der Waals surface area contributed by atoms with Gasteiger partial charge in [0.2, 0.25) is 11.8 Å². The molecule has 2 aromatic rings. The molecule has 0 saturated carbocycles. The number of ketones is 1. The summed E-state index contributed by atoms with van der Waals surface area (Å²) in [6, 6.07) is 10.8. The molecule has 0 bridgehead atoms. The number of rotatable bonds is 23. The van der Waals surface area contributed by atoms with Crippen LogP contribution < -0.4 is 10.6 Å². The molecular weight excluding hydrogens is 714 g/mol. The van der Waals surface area contributed by atoms with E-state index in [1.54, 1.807) is 38.3 Å². The van der Waals surface area contributed by atoms with E-state index in [4.69, 9.17) is 28.9 Å². The van der Waals surface area contributed by atoms with Gasteiger partial charge < -0.3 is 34.7 Å². The number of ether oxygens (including phenoxy) is 4. The van der Waals surface area contributed by atoms with Crippen LogP contribution in [0.3, 0.4) is 0 Å². The highest BCUT2D eigenvalue weighted by molar-refractivity contribution is 6.05. The van der Waals surface area contributed by atoms with Crippen molar-refractivity contribution in [3.05, 3.63) is 53.1 Å². The average Bonchev–Trinajstić information content (AvgIpc) is 3.67. The van der Waals surface area contributed by atoms with E-state index in [0.717, 1.165) is 48.1 Å². The summed E-state index contributed by atoms with van der Waals surface area (Å²) in [7, 11) is 1.67. The first-order valence-electron chi connectivity index (χ1n) is 19.0. The number of hydroxylamine groups is 2. The van der Waals surface area contributed by atoms with Crippen LogP contribution in [0.4, 0.5) is 10.5 Å². The first kappa shape index (κ1) is 44.7. The van der Waals surface area contributed by atoms with E-state index < -0.39 is 23.9 Å². The van der Waals surface area contributed by atoms with Crippen LogP contribution in [-0.2, 0) is 43.0 Å². The Balaban J connectivity index is 0.000000493. The summed E-state index contributed by atoms with van der Waals surface area (Å²) in [6.07, 6.45) is 3.69. The number of anilines is 1. The maximum atomic E-state index is 13.3. The van der Waals surface area contributed by atoms with E-state index in [2.05, 4.69) is 10.6 Å². The molecule has 0 radical (unpaired) electrons. The van der Waals surface area contributed by atoms with Gasteiger partial charge in [-0.15, -0.1) is 0 Å². The Bertz CT molecular complexity index is 1580. The second-order valence-corrected chi connectivity index (χ2v) is 12.9. The molecule has 0 spiro atoms. The Hall–Kier alpha value is -4.70. The van der Waals surface area contributed by atoms with Gasteiger partial charge in [-0.2, -0.15) is 0 Å². The van der Waals surface area contributed by atoms with Crippen molar-refractivity contribution in [2.24, 2.45) is 0 Å². The van der Waals surface area contributed by atoms with Crippen molar-refractivity contribution < 1.29 is 57.7 Å². The van der Waals surface area contributed by atoms with Gasteiger partial charge in [0.05, 0.1) is 6.61 Å². The molecule has 302 valence electrons. The predicted molar refractivity (Wildman–Crippen MR) is 202 cm³/mol. The number of Topliss-reactive ketones (excluding diaryl/α,β-unsaturated/α-hetero) is 1. The van der Waals surface area contributed by atoms with E-state index in [-0.39, 0.29) is 50.1 Å². The second-order valence-electron chi connectivity index (χ2n) is 12.9. The van der Waals surface area contributed by atoms with Gasteiger partial charge >= 0.3 is 6.16 Å². The average molecular weight is 770 g/mol. The smallest absolute Gasteiger partial charge is 0.432 e. The molecule has 55 heavy (non-hydrogen) atoms. The molecule has 2 aliphatic rings. The fourth-order valence-corrected chi connectivity index (χ4v) is 5.93. The number of aliphatic hydroxyl groups is 1. The lowest BCUT2D eigenvalue weighted by Gasteiger charge is -2.17. The molecule has 1 heterocycles. The highest BCUT2D eigenvalue weighted by atomic mass is 16.8. The number of methoxy groups -OCH3 is 1. The number of hydrogen-bond donors (Lipinski definition) is 3. The van der Waals surface area contributed by atoms with Gasteiger partial charge in [-0.3, -0.25) is 28.8 Å². The normalized spacial score (nSPS) is 14.1. The van der Waals surface area contributed by atoms with Crippen LogP contribution in [0.15, 0.2) is 36.4 Å². The summed E-state index contributed by atoms with van der Waals surface area (Å²) < 4.78 is 21.0. The van der Waals surface area contributed by atoms with E-state index in [1.807, 2.05) is 19.1 Å². The third kappa shape index (κ3) is 14.5. The number of amides is 4. The fourth-order valence-electron chi connectivity index (χ4n) is 5.93. The van der Waals surface area contributed by atoms with Gasteiger partial charge in [0.25, 0.3) is 11.8 Å². The number of benzene rings is 2. The molecule has 2 aromatic carbocycles. The van der Waals surface area contributed by atoms with Gasteiger partial charge in [-0.25, -0.2) is 4.79 Å². The van der Waals surface area contributed by atoms with Crippen LogP contribution in [-0.4, -0.2) is 106 Å².